The minimum Gasteiger partial charge on any atom is -0.447 e. The largest absolute Gasteiger partial charge is 0.447 e. The van der Waals surface area contributed by atoms with Gasteiger partial charge in [0.05, 0.1) is 24.7 Å². The molecular formula is C23H28ClN7O3. The van der Waals surface area contributed by atoms with Gasteiger partial charge in [-0.15, -0.1) is 0 Å². The van der Waals surface area contributed by atoms with Gasteiger partial charge in [-0.1, -0.05) is 11.6 Å². The topological polar surface area (TPSA) is 123 Å². The van der Waals surface area contributed by atoms with Gasteiger partial charge in [0.15, 0.2) is 5.15 Å². The molecule has 1 aliphatic rings. The highest BCUT2D eigenvalue weighted by Crippen LogP contribution is 2.27. The molecule has 0 radical (unpaired) electrons. The molecule has 0 spiro atoms. The molecule has 180 valence electrons. The van der Waals surface area contributed by atoms with Crippen LogP contribution in [0.15, 0.2) is 36.8 Å². The van der Waals surface area contributed by atoms with Gasteiger partial charge in [-0.05, 0) is 49.8 Å². The van der Waals surface area contributed by atoms with Crippen LogP contribution in [-0.2, 0) is 9.47 Å². The number of nitrogens with one attached hydrogen (secondary N) is 3. The van der Waals surface area contributed by atoms with E-state index >= 15 is 0 Å². The van der Waals surface area contributed by atoms with Crippen LogP contribution < -0.4 is 16.0 Å². The Bertz CT molecular complexity index is 1090. The van der Waals surface area contributed by atoms with E-state index in [0.29, 0.717) is 35.4 Å². The average Bonchev–Trinajstić information content (AvgIpc) is 2.85. The monoisotopic (exact) mass is 485 g/mol. The number of anilines is 3. The molecule has 11 heteroatoms. The van der Waals surface area contributed by atoms with Gasteiger partial charge in [-0.25, -0.2) is 24.7 Å². The third-order valence-electron chi connectivity index (χ3n) is 5.73. The molecule has 3 N–H and O–H groups in total. The SMILES string of the molecule is COCCOC(=O)Nc1cnc(NC[C@H]2CC[C@H](Nc3ccc4ccnc(Cl)c4n3)CC2)nc1. The Labute approximate surface area is 202 Å². The molecule has 0 atom stereocenters. The number of hydrogen-bond donors (Lipinski definition) is 3. The molecule has 3 aromatic rings. The summed E-state index contributed by atoms with van der Waals surface area (Å²) in [6, 6.07) is 6.28. The first-order chi connectivity index (χ1) is 16.6. The maximum absolute atomic E-state index is 11.6. The average molecular weight is 486 g/mol. The number of rotatable bonds is 9. The number of fused-ring (bicyclic) bond motifs is 1. The molecule has 1 saturated carbocycles. The van der Waals surface area contributed by atoms with Gasteiger partial charge < -0.3 is 20.1 Å². The molecule has 1 amide bonds. The predicted molar refractivity (Wildman–Crippen MR) is 131 cm³/mol. The van der Waals surface area contributed by atoms with Crippen molar-refractivity contribution < 1.29 is 14.3 Å². The van der Waals surface area contributed by atoms with E-state index in [-0.39, 0.29) is 6.61 Å². The minimum absolute atomic E-state index is 0.186. The number of pyridine rings is 2. The van der Waals surface area contributed by atoms with Crippen molar-refractivity contribution in [2.75, 3.05) is 42.8 Å². The molecule has 1 aliphatic carbocycles. The van der Waals surface area contributed by atoms with Crippen molar-refractivity contribution in [1.29, 1.82) is 0 Å². The Morgan fingerprint density at radius 3 is 2.65 bits per heavy atom. The Morgan fingerprint density at radius 2 is 1.88 bits per heavy atom. The number of nitrogens with zero attached hydrogens (tertiary/aromatic N) is 4. The van der Waals surface area contributed by atoms with Crippen LogP contribution in [-0.4, -0.2) is 58.9 Å². The van der Waals surface area contributed by atoms with Crippen LogP contribution >= 0.6 is 11.6 Å². The molecule has 34 heavy (non-hydrogen) atoms. The molecule has 10 nitrogen and oxygen atoms in total. The highest BCUT2D eigenvalue weighted by atomic mass is 35.5. The van der Waals surface area contributed by atoms with Gasteiger partial charge in [0.1, 0.15) is 17.9 Å². The van der Waals surface area contributed by atoms with Crippen LogP contribution in [0.2, 0.25) is 5.15 Å². The van der Waals surface area contributed by atoms with Crippen molar-refractivity contribution in [2.24, 2.45) is 5.92 Å². The third-order valence-corrected chi connectivity index (χ3v) is 6.01. The zero-order valence-electron chi connectivity index (χ0n) is 19.0. The highest BCUT2D eigenvalue weighted by molar-refractivity contribution is 6.33. The molecule has 3 aromatic heterocycles. The quantitative estimate of drug-likeness (QED) is 0.299. The summed E-state index contributed by atoms with van der Waals surface area (Å²) in [5, 5.41) is 10.8. The zero-order chi connectivity index (χ0) is 23.8. The van der Waals surface area contributed by atoms with E-state index in [9.17, 15) is 4.79 Å². The van der Waals surface area contributed by atoms with Gasteiger partial charge in [0.25, 0.3) is 0 Å². The minimum atomic E-state index is -0.564. The summed E-state index contributed by atoms with van der Waals surface area (Å²) in [5.74, 6) is 1.90. The van der Waals surface area contributed by atoms with Crippen molar-refractivity contribution in [3.8, 4) is 0 Å². The molecule has 1 fully saturated rings. The van der Waals surface area contributed by atoms with Crippen LogP contribution in [0.4, 0.5) is 22.2 Å². The number of carbonyl (C=O) groups is 1. The molecular weight excluding hydrogens is 458 g/mol. The Morgan fingerprint density at radius 1 is 1.09 bits per heavy atom. The van der Waals surface area contributed by atoms with Crippen LogP contribution in [0.5, 0.6) is 0 Å². The van der Waals surface area contributed by atoms with Crippen LogP contribution in [0, 0.1) is 5.92 Å². The van der Waals surface area contributed by atoms with Crippen LogP contribution in [0.1, 0.15) is 25.7 Å². The number of halogens is 1. The fourth-order valence-corrected chi connectivity index (χ4v) is 4.11. The normalized spacial score (nSPS) is 17.8. The highest BCUT2D eigenvalue weighted by Gasteiger charge is 2.21. The van der Waals surface area contributed by atoms with Crippen molar-refractivity contribution in [3.63, 3.8) is 0 Å². The van der Waals surface area contributed by atoms with Gasteiger partial charge in [-0.2, -0.15) is 0 Å². The number of carbonyl (C=O) groups excluding carboxylic acids is 1. The number of aromatic nitrogens is 4. The summed E-state index contributed by atoms with van der Waals surface area (Å²) < 4.78 is 9.78. The molecule has 0 saturated heterocycles. The molecule has 4 rings (SSSR count). The van der Waals surface area contributed by atoms with Gasteiger partial charge in [0, 0.05) is 31.3 Å². The molecule has 0 unspecified atom stereocenters. The number of methoxy groups -OCH3 is 1. The standard InChI is InChI=1S/C23H28ClN7O3/c1-33-10-11-34-23(32)30-18-13-27-22(28-14-18)26-12-15-2-5-17(6-3-15)29-19-7-4-16-8-9-25-21(24)20(16)31-19/h4,7-9,13-15,17H,2-3,5-6,10-12H2,1H3,(H,29,31)(H,30,32)(H,26,27,28)/t15-,17-. The maximum atomic E-state index is 11.6. The summed E-state index contributed by atoms with van der Waals surface area (Å²) in [7, 11) is 1.54. The lowest BCUT2D eigenvalue weighted by molar-refractivity contribution is 0.107. The first-order valence-electron chi connectivity index (χ1n) is 11.3. The van der Waals surface area contributed by atoms with Crippen LogP contribution in [0.3, 0.4) is 0 Å². The first kappa shape index (κ1) is 23.9. The van der Waals surface area contributed by atoms with E-state index < -0.39 is 6.09 Å². The number of ether oxygens (including phenoxy) is 2. The number of hydrogen-bond acceptors (Lipinski definition) is 9. The maximum Gasteiger partial charge on any atom is 0.411 e. The van der Waals surface area contributed by atoms with Crippen molar-refractivity contribution >= 4 is 46.1 Å². The van der Waals surface area contributed by atoms with Gasteiger partial charge >= 0.3 is 6.09 Å². The predicted octanol–water partition coefficient (Wildman–Crippen LogP) is 4.35. The van der Waals surface area contributed by atoms with E-state index in [0.717, 1.165) is 48.9 Å². The smallest absolute Gasteiger partial charge is 0.411 e. The van der Waals surface area contributed by atoms with E-state index in [4.69, 9.17) is 21.1 Å². The Hall–Kier alpha value is -3.24. The van der Waals surface area contributed by atoms with Crippen molar-refractivity contribution in [3.05, 3.63) is 41.9 Å². The van der Waals surface area contributed by atoms with Gasteiger partial charge in [0.2, 0.25) is 5.95 Å². The number of amides is 1. The lowest BCUT2D eigenvalue weighted by Crippen LogP contribution is -2.29. The van der Waals surface area contributed by atoms with E-state index in [1.165, 1.54) is 0 Å². The van der Waals surface area contributed by atoms with E-state index in [2.05, 4.69) is 35.9 Å². The van der Waals surface area contributed by atoms with E-state index in [1.807, 2.05) is 18.2 Å². The molecule has 0 bridgehead atoms. The van der Waals surface area contributed by atoms with E-state index in [1.54, 1.807) is 25.7 Å². The molecule has 0 aromatic carbocycles. The second kappa shape index (κ2) is 11.8. The Kier molecular flexibility index (Phi) is 8.26. The van der Waals surface area contributed by atoms with Gasteiger partial charge in [-0.3, -0.25) is 5.32 Å². The lowest BCUT2D eigenvalue weighted by Gasteiger charge is -2.29. The van der Waals surface area contributed by atoms with Crippen molar-refractivity contribution in [1.82, 2.24) is 19.9 Å². The lowest BCUT2D eigenvalue weighted by atomic mass is 9.86. The summed E-state index contributed by atoms with van der Waals surface area (Å²) in [6.07, 6.45) is 8.51. The van der Waals surface area contributed by atoms with Crippen molar-refractivity contribution in [2.45, 2.75) is 31.7 Å². The zero-order valence-corrected chi connectivity index (χ0v) is 19.7. The fraction of sp³-hybridized carbons (Fsp3) is 0.435. The summed E-state index contributed by atoms with van der Waals surface area (Å²) in [4.78, 5) is 28.9. The first-order valence-corrected chi connectivity index (χ1v) is 11.6. The fourth-order valence-electron chi connectivity index (χ4n) is 3.91. The Balaban J connectivity index is 1.19. The summed E-state index contributed by atoms with van der Waals surface area (Å²) in [5.41, 5.74) is 1.19. The summed E-state index contributed by atoms with van der Waals surface area (Å²) >= 11 is 6.18. The van der Waals surface area contributed by atoms with Crippen LogP contribution in [0.25, 0.3) is 10.9 Å². The summed E-state index contributed by atoms with van der Waals surface area (Å²) in [6.45, 7) is 1.33. The second-order valence-corrected chi connectivity index (χ2v) is 8.52. The second-order valence-electron chi connectivity index (χ2n) is 8.16. The molecule has 0 aliphatic heterocycles. The molecule has 3 heterocycles. The third kappa shape index (κ3) is 6.64.